The molecule has 0 radical (unpaired) electrons. The summed E-state index contributed by atoms with van der Waals surface area (Å²) in [5.41, 5.74) is 6.17. The summed E-state index contributed by atoms with van der Waals surface area (Å²) in [4.78, 5) is 9.98. The Morgan fingerprint density at radius 2 is 1.76 bits per heavy atom. The molecule has 0 unspecified atom stereocenters. The van der Waals surface area contributed by atoms with Gasteiger partial charge in [-0.1, -0.05) is 17.7 Å². The van der Waals surface area contributed by atoms with E-state index in [1.807, 2.05) is 6.92 Å². The number of nitro groups is 1. The Hall–Kier alpha value is -2.61. The summed E-state index contributed by atoms with van der Waals surface area (Å²) in [6.45, 7) is 1.82. The first kappa shape index (κ1) is 14.8. The second-order valence-electron chi connectivity index (χ2n) is 4.33. The van der Waals surface area contributed by atoms with Crippen molar-refractivity contribution < 1.29 is 17.5 Å². The third kappa shape index (κ3) is 3.29. The van der Waals surface area contributed by atoms with Crippen molar-refractivity contribution in [2.45, 2.75) is 11.8 Å². The molecule has 0 aliphatic rings. The Bertz CT molecular complexity index is 785. The van der Waals surface area contributed by atoms with Gasteiger partial charge in [0.2, 0.25) is 0 Å². The van der Waals surface area contributed by atoms with Gasteiger partial charge in [0.1, 0.15) is 4.90 Å². The molecule has 0 fully saturated rings. The van der Waals surface area contributed by atoms with Crippen LogP contribution in [0.1, 0.15) is 5.56 Å². The Labute approximate surface area is 121 Å². The molecule has 7 nitrogen and oxygen atoms in total. The first-order valence-electron chi connectivity index (χ1n) is 5.85. The van der Waals surface area contributed by atoms with Crippen LogP contribution in [0, 0.1) is 17.0 Å². The van der Waals surface area contributed by atoms with E-state index in [9.17, 15) is 18.5 Å². The van der Waals surface area contributed by atoms with Crippen LogP contribution >= 0.6 is 0 Å². The van der Waals surface area contributed by atoms with Gasteiger partial charge in [0.25, 0.3) is 5.69 Å². The molecule has 0 aliphatic heterocycles. The molecule has 0 aliphatic carbocycles. The van der Waals surface area contributed by atoms with Crippen LogP contribution in [0.25, 0.3) is 0 Å². The van der Waals surface area contributed by atoms with E-state index >= 15 is 0 Å². The van der Waals surface area contributed by atoms with Crippen molar-refractivity contribution in [2.75, 3.05) is 5.73 Å². The summed E-state index contributed by atoms with van der Waals surface area (Å²) in [6, 6.07) is 9.37. The van der Waals surface area contributed by atoms with Crippen LogP contribution in [-0.4, -0.2) is 13.3 Å². The Morgan fingerprint density at radius 3 is 2.33 bits per heavy atom. The van der Waals surface area contributed by atoms with Crippen molar-refractivity contribution >= 4 is 21.5 Å². The van der Waals surface area contributed by atoms with E-state index < -0.39 is 15.0 Å². The zero-order valence-corrected chi connectivity index (χ0v) is 11.8. The van der Waals surface area contributed by atoms with Gasteiger partial charge < -0.3 is 9.92 Å². The van der Waals surface area contributed by atoms with Crippen molar-refractivity contribution in [2.24, 2.45) is 0 Å². The molecule has 0 aromatic heterocycles. The van der Waals surface area contributed by atoms with Crippen LogP contribution in [0.5, 0.6) is 5.75 Å². The smallest absolute Gasteiger partial charge is 0.339 e. The van der Waals surface area contributed by atoms with Gasteiger partial charge in [-0.2, -0.15) is 8.42 Å². The predicted molar refractivity (Wildman–Crippen MR) is 76.5 cm³/mol. The molecular formula is C13H12N2O5S. The average molecular weight is 308 g/mol. The fraction of sp³-hybridized carbons (Fsp3) is 0.0769. The van der Waals surface area contributed by atoms with E-state index in [-0.39, 0.29) is 22.0 Å². The fourth-order valence-electron chi connectivity index (χ4n) is 1.58. The van der Waals surface area contributed by atoms with Crippen LogP contribution in [-0.2, 0) is 10.1 Å². The largest absolute Gasteiger partial charge is 0.396 e. The number of aryl methyl sites for hydroxylation is 1. The van der Waals surface area contributed by atoms with Gasteiger partial charge in [-0.25, -0.2) is 0 Å². The van der Waals surface area contributed by atoms with Crippen molar-refractivity contribution in [3.05, 3.63) is 58.1 Å². The minimum Gasteiger partial charge on any atom is -0.396 e. The summed E-state index contributed by atoms with van der Waals surface area (Å²) in [7, 11) is -4.10. The maximum absolute atomic E-state index is 12.1. The maximum Gasteiger partial charge on any atom is 0.339 e. The molecule has 0 atom stereocenters. The molecule has 2 aromatic rings. The molecule has 2 N–H and O–H groups in total. The number of rotatable bonds is 4. The lowest BCUT2D eigenvalue weighted by Gasteiger charge is -2.09. The summed E-state index contributed by atoms with van der Waals surface area (Å²) in [6.07, 6.45) is 0. The second kappa shape index (κ2) is 5.41. The standard InChI is InChI=1S/C13H12N2O5S/c1-9-2-5-11(6-3-9)21(18,19)20-13-8-10(15(16)17)4-7-12(13)14/h2-8H,14H2,1H3. The van der Waals surface area contributed by atoms with Crippen molar-refractivity contribution in [1.82, 2.24) is 0 Å². The zero-order chi connectivity index (χ0) is 15.6. The first-order valence-corrected chi connectivity index (χ1v) is 7.25. The number of nitrogen functional groups attached to an aromatic ring is 1. The molecule has 0 saturated carbocycles. The van der Waals surface area contributed by atoms with Crippen LogP contribution in [0.4, 0.5) is 11.4 Å². The van der Waals surface area contributed by atoms with Gasteiger partial charge in [-0.15, -0.1) is 0 Å². The summed E-state index contributed by atoms with van der Waals surface area (Å²) in [5.74, 6) is -0.273. The SMILES string of the molecule is Cc1ccc(S(=O)(=O)Oc2cc([N+](=O)[O-])ccc2N)cc1. The van der Waals surface area contributed by atoms with E-state index in [0.717, 1.165) is 11.6 Å². The molecule has 2 aromatic carbocycles. The highest BCUT2D eigenvalue weighted by atomic mass is 32.2. The summed E-state index contributed by atoms with van der Waals surface area (Å²) in [5, 5.41) is 10.7. The highest BCUT2D eigenvalue weighted by Gasteiger charge is 2.20. The van der Waals surface area contributed by atoms with Crippen molar-refractivity contribution in [3.8, 4) is 5.75 Å². The van der Waals surface area contributed by atoms with Crippen LogP contribution < -0.4 is 9.92 Å². The quantitative estimate of drug-likeness (QED) is 0.401. The van der Waals surface area contributed by atoms with Crippen LogP contribution in [0.2, 0.25) is 0 Å². The average Bonchev–Trinajstić information content (AvgIpc) is 2.41. The van der Waals surface area contributed by atoms with E-state index in [4.69, 9.17) is 9.92 Å². The monoisotopic (exact) mass is 308 g/mol. The molecule has 8 heteroatoms. The van der Waals surface area contributed by atoms with Gasteiger partial charge in [0.15, 0.2) is 5.75 Å². The number of hydrogen-bond donors (Lipinski definition) is 1. The minimum absolute atomic E-state index is 0.00344. The van der Waals surface area contributed by atoms with Gasteiger partial charge in [0.05, 0.1) is 16.7 Å². The van der Waals surface area contributed by atoms with Crippen molar-refractivity contribution in [1.29, 1.82) is 0 Å². The van der Waals surface area contributed by atoms with E-state index in [1.165, 1.54) is 24.3 Å². The number of nitrogens with two attached hydrogens (primary N) is 1. The third-order valence-corrected chi connectivity index (χ3v) is 3.97. The predicted octanol–water partition coefficient (Wildman–Crippen LogP) is 2.25. The van der Waals surface area contributed by atoms with E-state index in [2.05, 4.69) is 0 Å². The van der Waals surface area contributed by atoms with E-state index in [1.54, 1.807) is 12.1 Å². The zero-order valence-electron chi connectivity index (χ0n) is 11.0. The minimum atomic E-state index is -4.10. The first-order chi connectivity index (χ1) is 9.79. The van der Waals surface area contributed by atoms with Gasteiger partial charge >= 0.3 is 10.1 Å². The van der Waals surface area contributed by atoms with Crippen LogP contribution in [0.15, 0.2) is 47.4 Å². The highest BCUT2D eigenvalue weighted by molar-refractivity contribution is 7.87. The summed E-state index contributed by atoms with van der Waals surface area (Å²) >= 11 is 0. The molecule has 110 valence electrons. The molecule has 21 heavy (non-hydrogen) atoms. The molecule has 2 rings (SSSR count). The maximum atomic E-state index is 12.1. The molecule has 0 heterocycles. The number of benzene rings is 2. The summed E-state index contributed by atoms with van der Waals surface area (Å²) < 4.78 is 29.1. The molecule has 0 amide bonds. The van der Waals surface area contributed by atoms with Crippen LogP contribution in [0.3, 0.4) is 0 Å². The fourth-order valence-corrected chi connectivity index (χ4v) is 2.53. The number of anilines is 1. The van der Waals surface area contributed by atoms with Gasteiger partial charge in [-0.05, 0) is 25.1 Å². The Kier molecular flexibility index (Phi) is 3.81. The van der Waals surface area contributed by atoms with Crippen molar-refractivity contribution in [3.63, 3.8) is 0 Å². The highest BCUT2D eigenvalue weighted by Crippen LogP contribution is 2.29. The number of nitrogens with zero attached hydrogens (tertiary/aromatic N) is 1. The molecule has 0 spiro atoms. The number of non-ortho nitro benzene ring substituents is 1. The molecule has 0 bridgehead atoms. The molecule has 0 saturated heterocycles. The lowest BCUT2D eigenvalue weighted by Crippen LogP contribution is -2.11. The van der Waals surface area contributed by atoms with Gasteiger partial charge in [-0.3, -0.25) is 10.1 Å². The lowest BCUT2D eigenvalue weighted by atomic mass is 10.2. The normalized spacial score (nSPS) is 11.1. The Balaban J connectivity index is 2.38. The lowest BCUT2D eigenvalue weighted by molar-refractivity contribution is -0.384. The van der Waals surface area contributed by atoms with Gasteiger partial charge in [0, 0.05) is 6.07 Å². The number of nitro benzene ring substituents is 1. The third-order valence-electron chi connectivity index (χ3n) is 2.72. The second-order valence-corrected chi connectivity index (χ2v) is 5.88. The number of hydrogen-bond acceptors (Lipinski definition) is 6. The molecular weight excluding hydrogens is 296 g/mol. The topological polar surface area (TPSA) is 113 Å². The Morgan fingerprint density at radius 1 is 1.14 bits per heavy atom. The van der Waals surface area contributed by atoms with E-state index in [0.29, 0.717) is 0 Å².